The SMILES string of the molecule is CCc1nc2cc(-c3nc4ccccc4c4nc5ccccc5n34)cc3c2n1-c1ccccc1P3(=O)c1ccccc1. The summed E-state index contributed by atoms with van der Waals surface area (Å²) in [6, 6.07) is 38.4. The van der Waals surface area contributed by atoms with Crippen molar-refractivity contribution in [2.75, 3.05) is 0 Å². The number of aryl methyl sites for hydroxylation is 1. The maximum absolute atomic E-state index is 15.7. The van der Waals surface area contributed by atoms with E-state index < -0.39 is 7.14 Å². The first-order valence-electron chi connectivity index (χ1n) is 14.1. The molecule has 1 aliphatic rings. The topological polar surface area (TPSA) is 65.1 Å². The second-order valence-corrected chi connectivity index (χ2v) is 13.4. The quantitative estimate of drug-likeness (QED) is 0.229. The third-order valence-electron chi connectivity index (χ3n) is 8.44. The molecule has 0 N–H and O–H groups in total. The lowest BCUT2D eigenvalue weighted by atomic mass is 10.1. The lowest BCUT2D eigenvalue weighted by Gasteiger charge is -2.29. The van der Waals surface area contributed by atoms with E-state index in [0.29, 0.717) is 0 Å². The molecule has 0 saturated carbocycles. The summed E-state index contributed by atoms with van der Waals surface area (Å²) >= 11 is 0. The van der Waals surface area contributed by atoms with Crippen LogP contribution < -0.4 is 15.9 Å². The van der Waals surface area contributed by atoms with Crippen LogP contribution in [0.2, 0.25) is 0 Å². The maximum Gasteiger partial charge on any atom is 0.175 e. The van der Waals surface area contributed by atoms with Crippen LogP contribution in [0.1, 0.15) is 12.7 Å². The van der Waals surface area contributed by atoms with Gasteiger partial charge in [0.25, 0.3) is 0 Å². The monoisotopic (exact) mass is 561 g/mol. The van der Waals surface area contributed by atoms with Crippen molar-refractivity contribution in [1.82, 2.24) is 23.9 Å². The second kappa shape index (κ2) is 8.48. The van der Waals surface area contributed by atoms with Crippen molar-refractivity contribution in [3.63, 3.8) is 0 Å². The predicted molar refractivity (Wildman–Crippen MR) is 170 cm³/mol. The van der Waals surface area contributed by atoms with Gasteiger partial charge in [0.1, 0.15) is 17.3 Å². The summed E-state index contributed by atoms with van der Waals surface area (Å²) in [5.74, 6) is 1.70. The predicted octanol–water partition coefficient (Wildman–Crippen LogP) is 6.56. The zero-order valence-electron chi connectivity index (χ0n) is 22.8. The summed E-state index contributed by atoms with van der Waals surface area (Å²) in [6.07, 6.45) is 0.748. The highest BCUT2D eigenvalue weighted by molar-refractivity contribution is 7.86. The van der Waals surface area contributed by atoms with Crippen molar-refractivity contribution in [2.24, 2.45) is 0 Å². The number of rotatable bonds is 3. The van der Waals surface area contributed by atoms with Crippen molar-refractivity contribution >= 4 is 61.7 Å². The summed E-state index contributed by atoms with van der Waals surface area (Å²) in [5, 5.41) is 3.42. The highest BCUT2D eigenvalue weighted by Crippen LogP contribution is 2.50. The van der Waals surface area contributed by atoms with Gasteiger partial charge >= 0.3 is 0 Å². The Labute approximate surface area is 241 Å². The van der Waals surface area contributed by atoms with Crippen molar-refractivity contribution in [3.8, 4) is 17.1 Å². The van der Waals surface area contributed by atoms with Crippen molar-refractivity contribution in [3.05, 3.63) is 121 Å². The van der Waals surface area contributed by atoms with Crippen LogP contribution in [-0.4, -0.2) is 23.9 Å². The fourth-order valence-corrected chi connectivity index (χ4v) is 9.64. The van der Waals surface area contributed by atoms with Crippen LogP contribution >= 0.6 is 7.14 Å². The smallest absolute Gasteiger partial charge is 0.175 e. The molecule has 5 aromatic carbocycles. The summed E-state index contributed by atoms with van der Waals surface area (Å²) in [6.45, 7) is 2.12. The van der Waals surface area contributed by atoms with Crippen LogP contribution in [0.4, 0.5) is 0 Å². The normalized spacial score (nSPS) is 16.0. The summed E-state index contributed by atoms with van der Waals surface area (Å²) in [7, 11) is -3.26. The van der Waals surface area contributed by atoms with Crippen molar-refractivity contribution < 1.29 is 4.57 Å². The number of aromatic nitrogens is 5. The summed E-state index contributed by atoms with van der Waals surface area (Å²) in [5.41, 5.74) is 7.12. The number of nitrogens with zero attached hydrogens (tertiary/aromatic N) is 5. The third-order valence-corrected chi connectivity index (χ3v) is 11.5. The molecule has 1 atom stereocenters. The van der Waals surface area contributed by atoms with E-state index in [-0.39, 0.29) is 0 Å². The number of fused-ring (bicyclic) bond motifs is 7. The fourth-order valence-electron chi connectivity index (χ4n) is 6.61. The first kappa shape index (κ1) is 23.6. The molecule has 1 aliphatic heterocycles. The van der Waals surface area contributed by atoms with Crippen LogP contribution in [0.3, 0.4) is 0 Å². The van der Waals surface area contributed by atoms with E-state index >= 15 is 4.57 Å². The van der Waals surface area contributed by atoms with Gasteiger partial charge in [0.2, 0.25) is 0 Å². The molecule has 42 heavy (non-hydrogen) atoms. The molecule has 1 unspecified atom stereocenters. The average molecular weight is 562 g/mol. The average Bonchev–Trinajstić information content (AvgIpc) is 3.63. The molecule has 0 amide bonds. The number of imidazole rings is 2. The van der Waals surface area contributed by atoms with Gasteiger partial charge in [0.05, 0.1) is 33.3 Å². The van der Waals surface area contributed by atoms with Gasteiger partial charge < -0.3 is 4.57 Å². The molecule has 8 aromatic rings. The maximum atomic E-state index is 15.7. The Morgan fingerprint density at radius 2 is 1.43 bits per heavy atom. The lowest BCUT2D eigenvalue weighted by molar-refractivity contribution is 0.592. The van der Waals surface area contributed by atoms with E-state index in [1.165, 1.54) is 0 Å². The molecule has 0 fully saturated rings. The van der Waals surface area contributed by atoms with Crippen LogP contribution in [0.5, 0.6) is 0 Å². The lowest BCUT2D eigenvalue weighted by Crippen LogP contribution is -2.33. The second-order valence-electron chi connectivity index (χ2n) is 10.7. The molecule has 9 rings (SSSR count). The van der Waals surface area contributed by atoms with E-state index in [4.69, 9.17) is 15.0 Å². The van der Waals surface area contributed by atoms with Crippen LogP contribution in [0.25, 0.3) is 55.7 Å². The summed E-state index contributed by atoms with van der Waals surface area (Å²) < 4.78 is 20.0. The van der Waals surface area contributed by atoms with Crippen LogP contribution in [0, 0.1) is 0 Å². The van der Waals surface area contributed by atoms with Gasteiger partial charge in [-0.1, -0.05) is 73.7 Å². The molecule has 6 nitrogen and oxygen atoms in total. The first-order valence-corrected chi connectivity index (χ1v) is 15.9. The van der Waals surface area contributed by atoms with E-state index in [9.17, 15) is 0 Å². The van der Waals surface area contributed by atoms with Gasteiger partial charge in [0.15, 0.2) is 7.14 Å². The van der Waals surface area contributed by atoms with Crippen molar-refractivity contribution in [1.29, 1.82) is 0 Å². The zero-order valence-corrected chi connectivity index (χ0v) is 23.7. The molecule has 0 saturated heterocycles. The molecule has 0 bridgehead atoms. The number of benzene rings is 5. The Hall–Kier alpha value is -5.06. The Bertz CT molecular complexity index is 2440. The van der Waals surface area contributed by atoms with Gasteiger partial charge in [-0.25, -0.2) is 15.0 Å². The van der Waals surface area contributed by atoms with Gasteiger partial charge in [-0.2, -0.15) is 0 Å². The zero-order chi connectivity index (χ0) is 28.0. The Kier molecular flexibility index (Phi) is 4.77. The van der Waals surface area contributed by atoms with E-state index in [1.54, 1.807) is 0 Å². The highest BCUT2D eigenvalue weighted by atomic mass is 31.2. The van der Waals surface area contributed by atoms with E-state index in [1.807, 2.05) is 84.9 Å². The highest BCUT2D eigenvalue weighted by Gasteiger charge is 2.40. The molecular formula is C35H24N5OP. The summed E-state index contributed by atoms with van der Waals surface area (Å²) in [4.78, 5) is 15.4. The first-order chi connectivity index (χ1) is 20.7. The van der Waals surface area contributed by atoms with Gasteiger partial charge in [-0.3, -0.25) is 8.97 Å². The van der Waals surface area contributed by atoms with Crippen LogP contribution in [0.15, 0.2) is 115 Å². The molecule has 4 heterocycles. The van der Waals surface area contributed by atoms with E-state index in [0.717, 1.165) is 83.9 Å². The largest absolute Gasteiger partial charge is 0.308 e. The molecule has 0 spiro atoms. The minimum Gasteiger partial charge on any atom is -0.308 e. The number of hydrogen-bond donors (Lipinski definition) is 0. The third kappa shape index (κ3) is 2.99. The van der Waals surface area contributed by atoms with Crippen molar-refractivity contribution in [2.45, 2.75) is 13.3 Å². The van der Waals surface area contributed by atoms with Crippen LogP contribution in [-0.2, 0) is 11.0 Å². The Morgan fingerprint density at radius 3 is 2.29 bits per heavy atom. The number of para-hydroxylation sites is 4. The van der Waals surface area contributed by atoms with Gasteiger partial charge in [-0.05, 0) is 48.5 Å². The molecule has 7 heteroatoms. The van der Waals surface area contributed by atoms with E-state index in [2.05, 4.69) is 46.2 Å². The molecular weight excluding hydrogens is 537 g/mol. The minimum absolute atomic E-state index is 0.748. The Balaban J connectivity index is 1.46. The number of hydrogen-bond acceptors (Lipinski definition) is 4. The molecule has 3 aromatic heterocycles. The molecule has 0 radical (unpaired) electrons. The van der Waals surface area contributed by atoms with Gasteiger partial charge in [0, 0.05) is 33.3 Å². The Morgan fingerprint density at radius 1 is 0.690 bits per heavy atom. The molecule has 0 aliphatic carbocycles. The standard InChI is InChI=1S/C35H24N5OP/c1-2-32-36-27-20-22(34-37-25-15-7-6-14-24(25)35-38-26-16-8-9-17-28(26)40(34)35)21-31-33(27)39(32)29-18-10-11-19-30(29)42(31,41)23-12-4-3-5-13-23/h3-21H,2H2,1H3. The fraction of sp³-hybridized carbons (Fsp3) is 0.0571. The minimum atomic E-state index is -3.26. The van der Waals surface area contributed by atoms with Gasteiger partial charge in [-0.15, -0.1) is 0 Å². The molecule has 200 valence electrons.